The van der Waals surface area contributed by atoms with Crippen LogP contribution in [0.5, 0.6) is 11.6 Å². The van der Waals surface area contributed by atoms with Crippen molar-refractivity contribution in [1.82, 2.24) is 15.4 Å². The van der Waals surface area contributed by atoms with E-state index in [2.05, 4.69) is 10.5 Å². The van der Waals surface area contributed by atoms with Gasteiger partial charge in [0.2, 0.25) is 5.88 Å². The summed E-state index contributed by atoms with van der Waals surface area (Å²) in [5, 5.41) is 13.3. The Kier molecular flexibility index (Phi) is 4.60. The number of benzene rings is 1. The standard InChI is InChI=1S/C14H14N4O5/c1-7(10-12(20)15-14(22)16-13(10)21)17-18-11(19)8-3-5-9(23-2)6-4-8/h3-6H,1-2H3,(H,18,19)(H3,15,16,20,21,22)/b17-7+. The first-order valence-corrected chi connectivity index (χ1v) is 6.47. The second-order valence-corrected chi connectivity index (χ2v) is 4.50. The lowest BCUT2D eigenvalue weighted by atomic mass is 10.2. The van der Waals surface area contributed by atoms with Crippen LogP contribution >= 0.6 is 0 Å². The van der Waals surface area contributed by atoms with Crippen molar-refractivity contribution in [2.45, 2.75) is 6.92 Å². The molecule has 0 saturated heterocycles. The van der Waals surface area contributed by atoms with Crippen LogP contribution in [-0.4, -0.2) is 33.8 Å². The van der Waals surface area contributed by atoms with Crippen molar-refractivity contribution in [1.29, 1.82) is 0 Å². The highest BCUT2D eigenvalue weighted by Crippen LogP contribution is 2.11. The predicted molar refractivity (Wildman–Crippen MR) is 82.0 cm³/mol. The van der Waals surface area contributed by atoms with E-state index in [1.54, 1.807) is 24.3 Å². The van der Waals surface area contributed by atoms with Crippen molar-refractivity contribution in [2.24, 2.45) is 5.10 Å². The summed E-state index contributed by atoms with van der Waals surface area (Å²) < 4.78 is 4.99. The average Bonchev–Trinajstić information content (AvgIpc) is 2.51. The molecule has 0 bridgehead atoms. The lowest BCUT2D eigenvalue weighted by Crippen LogP contribution is -2.28. The number of aromatic hydroxyl groups is 1. The number of rotatable bonds is 4. The molecule has 1 heterocycles. The molecule has 9 nitrogen and oxygen atoms in total. The molecule has 0 spiro atoms. The highest BCUT2D eigenvalue weighted by Gasteiger charge is 2.12. The average molecular weight is 318 g/mol. The molecule has 0 saturated carbocycles. The second-order valence-electron chi connectivity index (χ2n) is 4.50. The van der Waals surface area contributed by atoms with Gasteiger partial charge in [-0.3, -0.25) is 19.6 Å². The minimum absolute atomic E-state index is 0.0295. The zero-order valence-corrected chi connectivity index (χ0v) is 12.3. The molecule has 9 heteroatoms. The molecule has 1 amide bonds. The first-order chi connectivity index (χ1) is 10.9. The third-order valence-electron chi connectivity index (χ3n) is 2.96. The molecule has 0 aliphatic heterocycles. The fourth-order valence-corrected chi connectivity index (χ4v) is 1.81. The molecule has 0 aliphatic carbocycles. The number of H-pyrrole nitrogens is 2. The Morgan fingerprint density at radius 1 is 1.22 bits per heavy atom. The van der Waals surface area contributed by atoms with Gasteiger partial charge in [-0.15, -0.1) is 0 Å². The van der Waals surface area contributed by atoms with E-state index in [1.807, 2.05) is 9.97 Å². The van der Waals surface area contributed by atoms with Gasteiger partial charge in [-0.05, 0) is 31.2 Å². The molecular formula is C14H14N4O5. The summed E-state index contributed by atoms with van der Waals surface area (Å²) in [6, 6.07) is 6.32. The molecule has 0 atom stereocenters. The first kappa shape index (κ1) is 16.0. The Bertz CT molecular complexity index is 864. The zero-order valence-electron chi connectivity index (χ0n) is 12.3. The van der Waals surface area contributed by atoms with Crippen molar-refractivity contribution in [2.75, 3.05) is 7.11 Å². The Morgan fingerprint density at radius 3 is 2.43 bits per heavy atom. The molecule has 23 heavy (non-hydrogen) atoms. The van der Waals surface area contributed by atoms with Crippen LogP contribution in [0.4, 0.5) is 0 Å². The topological polar surface area (TPSA) is 137 Å². The first-order valence-electron chi connectivity index (χ1n) is 6.47. The van der Waals surface area contributed by atoms with Gasteiger partial charge in [0.1, 0.15) is 11.3 Å². The van der Waals surface area contributed by atoms with Crippen molar-refractivity contribution in [3.63, 3.8) is 0 Å². The van der Waals surface area contributed by atoms with Crippen molar-refractivity contribution in [3.05, 3.63) is 56.2 Å². The molecule has 0 aliphatic rings. The van der Waals surface area contributed by atoms with E-state index in [9.17, 15) is 19.5 Å². The Balaban J connectivity index is 2.20. The fourth-order valence-electron chi connectivity index (χ4n) is 1.81. The molecule has 120 valence electrons. The van der Waals surface area contributed by atoms with Crippen LogP contribution in [0, 0.1) is 0 Å². The Labute approximate surface area is 129 Å². The summed E-state index contributed by atoms with van der Waals surface area (Å²) in [5.74, 6) is -0.531. The van der Waals surface area contributed by atoms with Gasteiger partial charge in [0.15, 0.2) is 0 Å². The van der Waals surface area contributed by atoms with Gasteiger partial charge in [-0.2, -0.15) is 5.10 Å². The van der Waals surface area contributed by atoms with Gasteiger partial charge in [-0.1, -0.05) is 0 Å². The summed E-state index contributed by atoms with van der Waals surface area (Å²) in [4.78, 5) is 38.6. The number of amides is 1. The maximum Gasteiger partial charge on any atom is 0.328 e. The van der Waals surface area contributed by atoms with Gasteiger partial charge in [0.25, 0.3) is 11.5 Å². The largest absolute Gasteiger partial charge is 0.497 e. The number of nitrogens with one attached hydrogen (secondary N) is 3. The monoisotopic (exact) mass is 318 g/mol. The number of carbonyl (C=O) groups is 1. The molecule has 2 aromatic rings. The lowest BCUT2D eigenvalue weighted by molar-refractivity contribution is 0.0954. The second kappa shape index (κ2) is 6.60. The van der Waals surface area contributed by atoms with Crippen LogP contribution in [0.25, 0.3) is 0 Å². The van der Waals surface area contributed by atoms with Crippen molar-refractivity contribution >= 4 is 11.6 Å². The molecule has 2 rings (SSSR count). The van der Waals surface area contributed by atoms with Crippen LogP contribution in [-0.2, 0) is 0 Å². The SMILES string of the molecule is COc1ccc(C(=O)N/N=C(\C)c2c(O)[nH]c(=O)[nH]c2=O)cc1. The van der Waals surface area contributed by atoms with Crippen molar-refractivity contribution in [3.8, 4) is 11.6 Å². The summed E-state index contributed by atoms with van der Waals surface area (Å²) in [7, 11) is 1.51. The summed E-state index contributed by atoms with van der Waals surface area (Å²) in [5.41, 5.74) is 0.729. The number of nitrogens with zero attached hydrogens (tertiary/aromatic N) is 1. The predicted octanol–water partition coefficient (Wildman–Crippen LogP) is -0.0686. The molecule has 0 unspecified atom stereocenters. The molecule has 1 aromatic heterocycles. The molecule has 0 radical (unpaired) electrons. The maximum atomic E-state index is 11.9. The molecule has 1 aromatic carbocycles. The van der Waals surface area contributed by atoms with Gasteiger partial charge in [-0.25, -0.2) is 10.2 Å². The van der Waals surface area contributed by atoms with E-state index in [0.29, 0.717) is 11.3 Å². The number of hydrogen-bond acceptors (Lipinski definition) is 6. The number of aromatic nitrogens is 2. The molecule has 0 fully saturated rings. The summed E-state index contributed by atoms with van der Waals surface area (Å²) in [6.07, 6.45) is 0. The number of ether oxygens (including phenoxy) is 1. The normalized spacial score (nSPS) is 11.1. The van der Waals surface area contributed by atoms with Crippen LogP contribution in [0.1, 0.15) is 22.8 Å². The van der Waals surface area contributed by atoms with Crippen LogP contribution in [0.2, 0.25) is 0 Å². The zero-order chi connectivity index (χ0) is 17.0. The minimum Gasteiger partial charge on any atom is -0.497 e. The van der Waals surface area contributed by atoms with Gasteiger partial charge in [0, 0.05) is 5.56 Å². The smallest absolute Gasteiger partial charge is 0.328 e. The van der Waals surface area contributed by atoms with E-state index >= 15 is 0 Å². The van der Waals surface area contributed by atoms with Crippen LogP contribution < -0.4 is 21.4 Å². The Morgan fingerprint density at radius 2 is 1.87 bits per heavy atom. The number of methoxy groups -OCH3 is 1. The number of hydrogen-bond donors (Lipinski definition) is 4. The number of carbonyl (C=O) groups excluding carboxylic acids is 1. The fraction of sp³-hybridized carbons (Fsp3) is 0.143. The number of hydrazone groups is 1. The summed E-state index contributed by atoms with van der Waals surface area (Å²) >= 11 is 0. The van der Waals surface area contributed by atoms with Gasteiger partial charge < -0.3 is 9.84 Å². The van der Waals surface area contributed by atoms with Gasteiger partial charge in [0.05, 0.1) is 12.8 Å². The summed E-state index contributed by atoms with van der Waals surface area (Å²) in [6.45, 7) is 1.40. The quantitative estimate of drug-likeness (QED) is 0.462. The van der Waals surface area contributed by atoms with Crippen LogP contribution in [0.15, 0.2) is 39.0 Å². The number of aromatic amines is 2. The van der Waals surface area contributed by atoms with E-state index < -0.39 is 23.0 Å². The molecular weight excluding hydrogens is 304 g/mol. The lowest BCUT2D eigenvalue weighted by Gasteiger charge is -2.04. The van der Waals surface area contributed by atoms with E-state index in [0.717, 1.165) is 0 Å². The Hall–Kier alpha value is -3.36. The molecule has 4 N–H and O–H groups in total. The van der Waals surface area contributed by atoms with Crippen molar-refractivity contribution < 1.29 is 14.6 Å². The van der Waals surface area contributed by atoms with E-state index in [1.165, 1.54) is 14.0 Å². The van der Waals surface area contributed by atoms with E-state index in [4.69, 9.17) is 4.74 Å². The highest BCUT2D eigenvalue weighted by atomic mass is 16.5. The highest BCUT2D eigenvalue weighted by molar-refractivity contribution is 6.01. The minimum atomic E-state index is -0.841. The third kappa shape index (κ3) is 3.64. The van der Waals surface area contributed by atoms with Gasteiger partial charge >= 0.3 is 5.69 Å². The third-order valence-corrected chi connectivity index (χ3v) is 2.96. The van der Waals surface area contributed by atoms with E-state index in [-0.39, 0.29) is 11.3 Å². The maximum absolute atomic E-state index is 11.9. The van der Waals surface area contributed by atoms with Crippen LogP contribution in [0.3, 0.4) is 0 Å².